The maximum absolute atomic E-state index is 12.8. The number of amides is 1. The summed E-state index contributed by atoms with van der Waals surface area (Å²) in [6, 6.07) is -0.754. The van der Waals surface area contributed by atoms with Gasteiger partial charge < -0.3 is 19.8 Å². The van der Waals surface area contributed by atoms with Gasteiger partial charge in [0.1, 0.15) is 13.2 Å². The van der Waals surface area contributed by atoms with E-state index >= 15 is 0 Å². The van der Waals surface area contributed by atoms with Gasteiger partial charge in [-0.3, -0.25) is 13.8 Å². The molecule has 0 radical (unpaired) electrons. The van der Waals surface area contributed by atoms with Crippen LogP contribution in [0.5, 0.6) is 0 Å². The van der Waals surface area contributed by atoms with Crippen LogP contribution in [0.2, 0.25) is 0 Å². The topological polar surface area (TPSA) is 105 Å². The number of hydrogen-bond acceptors (Lipinski definition) is 5. The van der Waals surface area contributed by atoms with Gasteiger partial charge in [-0.1, -0.05) is 249 Å². The largest absolute Gasteiger partial charge is 0.472 e. The molecule has 9 heteroatoms. The van der Waals surface area contributed by atoms with Crippen LogP contribution in [0.25, 0.3) is 0 Å². The number of unbranched alkanes of at least 4 members (excludes halogenated alkanes) is 30. The fraction of sp³-hybridized carbons (Fsp3) is 0.842. The lowest BCUT2D eigenvalue weighted by molar-refractivity contribution is -0.870. The van der Waals surface area contributed by atoms with Crippen molar-refractivity contribution in [3.05, 3.63) is 48.6 Å². The summed E-state index contributed by atoms with van der Waals surface area (Å²) in [5, 5.41) is 13.8. The number of nitrogens with zero attached hydrogens (tertiary/aromatic N) is 1. The molecular formula is C57H110N2O6P+. The molecule has 1 amide bonds. The summed E-state index contributed by atoms with van der Waals surface area (Å²) >= 11 is 0. The minimum Gasteiger partial charge on any atom is -0.391 e. The molecule has 0 bridgehead atoms. The molecule has 3 N–H and O–H groups in total. The normalized spacial score (nSPS) is 14.3. The fourth-order valence-electron chi connectivity index (χ4n) is 8.22. The molecule has 0 saturated carbocycles. The van der Waals surface area contributed by atoms with E-state index in [9.17, 15) is 19.4 Å². The second-order valence-corrected chi connectivity index (χ2v) is 21.7. The maximum atomic E-state index is 12.8. The van der Waals surface area contributed by atoms with Gasteiger partial charge in [-0.2, -0.15) is 0 Å². The Bertz CT molecular complexity index is 1210. The zero-order valence-electron chi connectivity index (χ0n) is 44.2. The number of aliphatic hydroxyl groups excluding tert-OH is 1. The lowest BCUT2D eigenvalue weighted by Crippen LogP contribution is -2.46. The highest BCUT2D eigenvalue weighted by Gasteiger charge is 2.28. The molecule has 0 saturated heterocycles. The Morgan fingerprint density at radius 3 is 1.33 bits per heavy atom. The maximum Gasteiger partial charge on any atom is 0.472 e. The number of nitrogens with one attached hydrogen (secondary N) is 1. The van der Waals surface area contributed by atoms with Crippen molar-refractivity contribution in [2.45, 2.75) is 270 Å². The third-order valence-corrected chi connectivity index (χ3v) is 13.6. The van der Waals surface area contributed by atoms with Crippen LogP contribution in [-0.2, 0) is 18.4 Å². The van der Waals surface area contributed by atoms with Gasteiger partial charge in [-0.05, 0) is 51.4 Å². The van der Waals surface area contributed by atoms with Crippen LogP contribution < -0.4 is 5.32 Å². The molecule has 0 spiro atoms. The Labute approximate surface area is 409 Å². The Hall–Kier alpha value is -1.54. The first kappa shape index (κ1) is 64.5. The Morgan fingerprint density at radius 2 is 0.909 bits per heavy atom. The van der Waals surface area contributed by atoms with Crippen molar-refractivity contribution in [1.29, 1.82) is 0 Å². The molecule has 8 nitrogen and oxygen atoms in total. The van der Waals surface area contributed by atoms with E-state index < -0.39 is 20.0 Å². The van der Waals surface area contributed by atoms with Crippen LogP contribution in [0.3, 0.4) is 0 Å². The van der Waals surface area contributed by atoms with Crippen molar-refractivity contribution >= 4 is 13.7 Å². The van der Waals surface area contributed by atoms with Crippen molar-refractivity contribution in [3.8, 4) is 0 Å². The minimum absolute atomic E-state index is 0.0751. The number of carbonyl (C=O) groups excluding carboxylic acids is 1. The summed E-state index contributed by atoms with van der Waals surface area (Å²) in [6.07, 6.45) is 63.9. The monoisotopic (exact) mass is 950 g/mol. The first-order chi connectivity index (χ1) is 32.0. The number of quaternary nitrogens is 1. The van der Waals surface area contributed by atoms with Crippen LogP contribution in [0.1, 0.15) is 258 Å². The molecule has 0 aromatic carbocycles. The van der Waals surface area contributed by atoms with Crippen molar-refractivity contribution in [2.75, 3.05) is 40.9 Å². The van der Waals surface area contributed by atoms with Gasteiger partial charge in [0, 0.05) is 6.42 Å². The molecule has 0 aliphatic heterocycles. The van der Waals surface area contributed by atoms with Gasteiger partial charge in [-0.25, -0.2) is 4.57 Å². The lowest BCUT2D eigenvalue weighted by Gasteiger charge is -2.26. The minimum atomic E-state index is -4.30. The first-order valence-electron chi connectivity index (χ1n) is 28.0. The van der Waals surface area contributed by atoms with E-state index in [1.165, 1.54) is 154 Å². The van der Waals surface area contributed by atoms with E-state index in [4.69, 9.17) is 9.05 Å². The third kappa shape index (κ3) is 50.3. The molecule has 3 unspecified atom stereocenters. The number of likely N-dealkylation sites (N-methyl/N-ethyl adjacent to an activating group) is 1. The Morgan fingerprint density at radius 1 is 0.530 bits per heavy atom. The second-order valence-electron chi connectivity index (χ2n) is 20.3. The second kappa shape index (κ2) is 48.5. The molecule has 3 atom stereocenters. The predicted octanol–water partition coefficient (Wildman–Crippen LogP) is 16.8. The highest BCUT2D eigenvalue weighted by atomic mass is 31.2. The molecule has 0 aliphatic rings. The number of phosphoric acid groups is 1. The van der Waals surface area contributed by atoms with Gasteiger partial charge >= 0.3 is 7.82 Å². The molecule has 388 valence electrons. The van der Waals surface area contributed by atoms with E-state index in [1.807, 2.05) is 21.1 Å². The number of rotatable bonds is 51. The average Bonchev–Trinajstić information content (AvgIpc) is 3.27. The molecule has 66 heavy (non-hydrogen) atoms. The molecular weight excluding hydrogens is 840 g/mol. The Balaban J connectivity index is 3.67. The summed E-state index contributed by atoms with van der Waals surface area (Å²) in [5.41, 5.74) is 0. The van der Waals surface area contributed by atoms with Gasteiger partial charge in [0.15, 0.2) is 0 Å². The number of allylic oxidation sites excluding steroid dienone is 8. The summed E-state index contributed by atoms with van der Waals surface area (Å²) in [6.45, 7) is 4.70. The van der Waals surface area contributed by atoms with Gasteiger partial charge in [0.2, 0.25) is 5.91 Å². The van der Waals surface area contributed by atoms with Crippen molar-refractivity contribution in [2.24, 2.45) is 0 Å². The van der Waals surface area contributed by atoms with E-state index in [0.29, 0.717) is 23.9 Å². The lowest BCUT2D eigenvalue weighted by atomic mass is 10.0. The molecule has 0 aromatic rings. The highest BCUT2D eigenvalue weighted by molar-refractivity contribution is 7.47. The number of carbonyl (C=O) groups is 1. The highest BCUT2D eigenvalue weighted by Crippen LogP contribution is 2.43. The van der Waals surface area contributed by atoms with E-state index in [0.717, 1.165) is 77.0 Å². The molecule has 0 aliphatic carbocycles. The quantitative estimate of drug-likeness (QED) is 0.0243. The smallest absolute Gasteiger partial charge is 0.391 e. The number of aliphatic hydroxyl groups is 1. The average molecular weight is 950 g/mol. The standard InChI is InChI=1S/C57H109N2O6P/c1-6-8-10-12-13-14-15-16-17-18-19-20-21-22-23-24-25-26-27-28-29-30-31-32-33-34-35-36-37-38-39-40-41-42-43-44-45-47-49-51-57(61)58-55(56(60)50-48-46-11-9-7-2)54-65-66(62,63)64-53-52-59(3,4)5/h8,10,13-14,16-17,19-20,55-56,60H,6-7,9,11-12,15,18,21-54H2,1-5H3,(H-,58,61,62,63)/p+1/b10-8-,14-13-,17-16-,20-19-. The number of phosphoric ester groups is 1. The molecule has 0 aromatic heterocycles. The van der Waals surface area contributed by atoms with E-state index in [-0.39, 0.29) is 19.1 Å². The first-order valence-corrected chi connectivity index (χ1v) is 29.5. The third-order valence-electron chi connectivity index (χ3n) is 12.6. The van der Waals surface area contributed by atoms with Crippen LogP contribution in [-0.4, -0.2) is 73.4 Å². The van der Waals surface area contributed by atoms with E-state index in [1.54, 1.807) is 0 Å². The fourth-order valence-corrected chi connectivity index (χ4v) is 8.95. The predicted molar refractivity (Wildman–Crippen MR) is 286 cm³/mol. The van der Waals surface area contributed by atoms with Crippen LogP contribution in [0.4, 0.5) is 0 Å². The number of hydrogen-bond donors (Lipinski definition) is 3. The van der Waals surface area contributed by atoms with Crippen LogP contribution in [0, 0.1) is 0 Å². The summed E-state index contributed by atoms with van der Waals surface area (Å²) < 4.78 is 23.5. The summed E-state index contributed by atoms with van der Waals surface area (Å²) in [5.74, 6) is -0.148. The molecule has 0 fully saturated rings. The zero-order valence-corrected chi connectivity index (χ0v) is 45.1. The van der Waals surface area contributed by atoms with Gasteiger partial charge in [0.25, 0.3) is 0 Å². The van der Waals surface area contributed by atoms with E-state index in [2.05, 4.69) is 67.8 Å². The summed E-state index contributed by atoms with van der Waals surface area (Å²) in [4.78, 5) is 23.0. The molecule has 0 rings (SSSR count). The molecule has 0 heterocycles. The zero-order chi connectivity index (χ0) is 48.5. The summed E-state index contributed by atoms with van der Waals surface area (Å²) in [7, 11) is 1.62. The van der Waals surface area contributed by atoms with Crippen molar-refractivity contribution in [1.82, 2.24) is 5.32 Å². The van der Waals surface area contributed by atoms with Crippen LogP contribution >= 0.6 is 7.82 Å². The Kier molecular flexibility index (Phi) is 47.4. The van der Waals surface area contributed by atoms with Crippen LogP contribution in [0.15, 0.2) is 48.6 Å². The van der Waals surface area contributed by atoms with Crippen molar-refractivity contribution in [3.63, 3.8) is 0 Å². The van der Waals surface area contributed by atoms with Gasteiger partial charge in [-0.15, -0.1) is 0 Å². The SMILES string of the molecule is CC/C=C\C/C=C\C/C=C\C/C=C\CCCCCCCCCCCCCCCCCCCCCCCCCCCCC(=O)NC(COP(=O)(O)OCC[N+](C)(C)C)C(O)CCCCCCC. The van der Waals surface area contributed by atoms with Gasteiger partial charge in [0.05, 0.1) is 39.9 Å². The van der Waals surface area contributed by atoms with Crippen molar-refractivity contribution < 1.29 is 32.9 Å².